The molecule has 1 aromatic rings. The first-order valence-corrected chi connectivity index (χ1v) is 11.1. The Labute approximate surface area is 163 Å². The monoisotopic (exact) mass is 441 g/mol. The van der Waals surface area contributed by atoms with Crippen molar-refractivity contribution in [2.75, 3.05) is 5.75 Å². The number of aliphatic carboxylic acids is 1. The Kier molecular flexibility index (Phi) is 7.90. The van der Waals surface area contributed by atoms with Gasteiger partial charge in [-0.15, -0.1) is 0 Å². The molecule has 7 heteroatoms. The van der Waals surface area contributed by atoms with Gasteiger partial charge in [-0.05, 0) is 55.7 Å². The summed E-state index contributed by atoms with van der Waals surface area (Å²) in [6.07, 6.45) is 9.54. The van der Waals surface area contributed by atoms with Gasteiger partial charge in [0.1, 0.15) is 0 Å². The zero-order chi connectivity index (χ0) is 19.0. The third-order valence-electron chi connectivity index (χ3n) is 4.14. The molecule has 0 heterocycles. The first-order chi connectivity index (χ1) is 12.3. The van der Waals surface area contributed by atoms with E-state index in [0.29, 0.717) is 19.3 Å². The Morgan fingerprint density at radius 3 is 2.92 bits per heavy atom. The minimum atomic E-state index is -3.36. The molecule has 1 unspecified atom stereocenters. The summed E-state index contributed by atoms with van der Waals surface area (Å²) in [5.41, 5.74) is 1.73. The number of carbonyl (C=O) groups is 1. The van der Waals surface area contributed by atoms with Gasteiger partial charge in [0.25, 0.3) is 0 Å². The van der Waals surface area contributed by atoms with Crippen LogP contribution in [-0.4, -0.2) is 25.2 Å². The lowest BCUT2D eigenvalue weighted by molar-refractivity contribution is -0.137. The molecule has 2 N–H and O–H groups in total. The molecule has 0 saturated carbocycles. The molecule has 142 valence electrons. The summed E-state index contributed by atoms with van der Waals surface area (Å²) in [6, 6.07) is 7.65. The lowest BCUT2D eigenvalue weighted by Gasteiger charge is -2.08. The van der Waals surface area contributed by atoms with Crippen molar-refractivity contribution < 1.29 is 18.3 Å². The molecule has 0 spiro atoms. The maximum absolute atomic E-state index is 12.3. The first-order valence-electron chi connectivity index (χ1n) is 8.68. The van der Waals surface area contributed by atoms with E-state index in [1.807, 2.05) is 42.5 Å². The lowest BCUT2D eigenvalue weighted by Crippen LogP contribution is -2.26. The first kappa shape index (κ1) is 20.7. The molecule has 1 aliphatic carbocycles. The summed E-state index contributed by atoms with van der Waals surface area (Å²) in [7, 11) is -3.36. The average molecular weight is 442 g/mol. The van der Waals surface area contributed by atoms with Crippen LogP contribution < -0.4 is 4.72 Å². The smallest absolute Gasteiger partial charge is 0.303 e. The van der Waals surface area contributed by atoms with E-state index in [1.54, 1.807) is 0 Å². The zero-order valence-corrected chi connectivity index (χ0v) is 16.9. The minimum absolute atomic E-state index is 0.0521. The van der Waals surface area contributed by atoms with Crippen molar-refractivity contribution >= 4 is 31.9 Å². The largest absolute Gasteiger partial charge is 0.481 e. The molecule has 2 rings (SSSR count). The Morgan fingerprint density at radius 1 is 1.38 bits per heavy atom. The number of aryl methyl sites for hydroxylation is 1. The van der Waals surface area contributed by atoms with E-state index in [1.165, 1.54) is 0 Å². The van der Waals surface area contributed by atoms with Gasteiger partial charge < -0.3 is 5.11 Å². The van der Waals surface area contributed by atoms with Gasteiger partial charge in [-0.25, -0.2) is 8.42 Å². The molecule has 0 amide bonds. The van der Waals surface area contributed by atoms with Crippen molar-refractivity contribution in [2.45, 2.75) is 38.5 Å². The molecule has 0 bridgehead atoms. The van der Waals surface area contributed by atoms with Gasteiger partial charge in [-0.2, -0.15) is 0 Å². The lowest BCUT2D eigenvalue weighted by atomic mass is 10.1. The van der Waals surface area contributed by atoms with E-state index in [-0.39, 0.29) is 18.1 Å². The second-order valence-electron chi connectivity index (χ2n) is 6.41. The van der Waals surface area contributed by atoms with Crippen LogP contribution in [-0.2, 0) is 21.2 Å². The molecule has 1 aromatic carbocycles. The molecule has 0 radical (unpaired) electrons. The molecule has 1 aliphatic rings. The molecule has 0 aromatic heterocycles. The van der Waals surface area contributed by atoms with Gasteiger partial charge in [0, 0.05) is 16.6 Å². The van der Waals surface area contributed by atoms with Crippen molar-refractivity contribution in [3.63, 3.8) is 0 Å². The van der Waals surface area contributed by atoms with Crippen molar-refractivity contribution in [3.8, 4) is 0 Å². The van der Waals surface area contributed by atoms with Crippen LogP contribution in [0.15, 0.2) is 52.7 Å². The maximum Gasteiger partial charge on any atom is 0.303 e. The van der Waals surface area contributed by atoms with Crippen molar-refractivity contribution in [1.82, 2.24) is 4.72 Å². The number of allylic oxidation sites excluding steroid dienone is 4. The van der Waals surface area contributed by atoms with E-state index in [4.69, 9.17) is 5.11 Å². The number of sulfonamides is 1. The highest BCUT2D eigenvalue weighted by Crippen LogP contribution is 2.24. The number of nitrogens with one attached hydrogen (secondary N) is 1. The van der Waals surface area contributed by atoms with Gasteiger partial charge in [-0.3, -0.25) is 9.52 Å². The molecule has 0 fully saturated rings. The number of benzene rings is 1. The van der Waals surface area contributed by atoms with Gasteiger partial charge in [0.2, 0.25) is 10.0 Å². The molecular weight excluding hydrogens is 418 g/mol. The molecule has 1 atom stereocenters. The van der Waals surface area contributed by atoms with Gasteiger partial charge >= 0.3 is 5.97 Å². The second kappa shape index (κ2) is 9.92. The SMILES string of the molecule is O=C(O)CCCC=CC1C=C(NS(=O)(=O)CCc2cccc(Br)c2)CC1. The number of hydrogen-bond donors (Lipinski definition) is 2. The number of carboxylic acid groups (broad SMARTS) is 1. The zero-order valence-electron chi connectivity index (χ0n) is 14.5. The second-order valence-corrected chi connectivity index (χ2v) is 9.17. The summed E-state index contributed by atoms with van der Waals surface area (Å²) in [4.78, 5) is 10.5. The fourth-order valence-electron chi connectivity index (χ4n) is 2.82. The highest BCUT2D eigenvalue weighted by Gasteiger charge is 2.18. The summed E-state index contributed by atoms with van der Waals surface area (Å²) in [5.74, 6) is -0.516. The normalized spacial score (nSPS) is 17.4. The van der Waals surface area contributed by atoms with E-state index >= 15 is 0 Å². The molecule has 5 nitrogen and oxygen atoms in total. The predicted octanol–water partition coefficient (Wildman–Crippen LogP) is 4.02. The topological polar surface area (TPSA) is 83.5 Å². The van der Waals surface area contributed by atoms with E-state index in [0.717, 1.165) is 28.6 Å². The number of carboxylic acids is 1. The van der Waals surface area contributed by atoms with E-state index in [2.05, 4.69) is 20.7 Å². The number of halogens is 1. The fourth-order valence-corrected chi connectivity index (χ4v) is 4.44. The highest BCUT2D eigenvalue weighted by molar-refractivity contribution is 9.10. The van der Waals surface area contributed by atoms with Crippen molar-refractivity contribution in [3.05, 3.63) is 58.2 Å². The Bertz CT molecular complexity index is 786. The predicted molar refractivity (Wildman–Crippen MR) is 106 cm³/mol. The standard InChI is InChI=1S/C19H24BrNO4S/c20-17-7-4-6-16(13-17)11-12-26(24,25)21-18-10-9-15(14-18)5-2-1-3-8-19(22)23/h2,4-7,13-15,21H,1,3,8-12H2,(H,22,23). The summed E-state index contributed by atoms with van der Waals surface area (Å²) in [5, 5.41) is 8.60. The van der Waals surface area contributed by atoms with Gasteiger partial charge in [-0.1, -0.05) is 46.3 Å². The molecule has 0 saturated heterocycles. The highest BCUT2D eigenvalue weighted by atomic mass is 79.9. The maximum atomic E-state index is 12.3. The van der Waals surface area contributed by atoms with Crippen LogP contribution in [0.4, 0.5) is 0 Å². The van der Waals surface area contributed by atoms with Crippen LogP contribution in [0.5, 0.6) is 0 Å². The summed E-state index contributed by atoms with van der Waals surface area (Å²) in [6.45, 7) is 0. The summed E-state index contributed by atoms with van der Waals surface area (Å²) < 4.78 is 28.2. The van der Waals surface area contributed by atoms with Crippen LogP contribution >= 0.6 is 15.9 Å². The van der Waals surface area contributed by atoms with Crippen molar-refractivity contribution in [1.29, 1.82) is 0 Å². The Balaban J connectivity index is 1.79. The van der Waals surface area contributed by atoms with Crippen LogP contribution in [0, 0.1) is 5.92 Å². The van der Waals surface area contributed by atoms with Crippen LogP contribution in [0.25, 0.3) is 0 Å². The van der Waals surface area contributed by atoms with E-state index < -0.39 is 16.0 Å². The molecule has 0 aliphatic heterocycles. The average Bonchev–Trinajstić information content (AvgIpc) is 2.99. The third kappa shape index (κ3) is 7.74. The van der Waals surface area contributed by atoms with E-state index in [9.17, 15) is 13.2 Å². The molecule has 26 heavy (non-hydrogen) atoms. The number of hydrogen-bond acceptors (Lipinski definition) is 3. The van der Waals surface area contributed by atoms with Crippen LogP contribution in [0.3, 0.4) is 0 Å². The number of rotatable bonds is 10. The summed E-state index contributed by atoms with van der Waals surface area (Å²) >= 11 is 3.39. The Hall–Kier alpha value is -1.60. The van der Waals surface area contributed by atoms with Gasteiger partial charge in [0.05, 0.1) is 5.75 Å². The molecular formula is C19H24BrNO4S. The minimum Gasteiger partial charge on any atom is -0.481 e. The van der Waals surface area contributed by atoms with Gasteiger partial charge in [0.15, 0.2) is 0 Å². The number of unbranched alkanes of at least 4 members (excludes halogenated alkanes) is 1. The van der Waals surface area contributed by atoms with Crippen molar-refractivity contribution in [2.24, 2.45) is 5.92 Å². The van der Waals surface area contributed by atoms with Crippen LogP contribution in [0.1, 0.15) is 37.7 Å². The van der Waals surface area contributed by atoms with Crippen LogP contribution in [0.2, 0.25) is 0 Å². The quantitative estimate of drug-likeness (QED) is 0.424. The fraction of sp³-hybridized carbons (Fsp3) is 0.421. The Morgan fingerprint density at radius 2 is 2.19 bits per heavy atom. The third-order valence-corrected chi connectivity index (χ3v) is 5.95.